The average Bonchev–Trinajstić information content (AvgIpc) is 3.07. The number of amides is 1. The van der Waals surface area contributed by atoms with Gasteiger partial charge in [0.05, 0.1) is 7.05 Å². The van der Waals surface area contributed by atoms with E-state index in [9.17, 15) is 4.79 Å². The highest BCUT2D eigenvalue weighted by Crippen LogP contribution is 2.23. The molecule has 2 aromatic carbocycles. The SMILES string of the molecule is Cc1cccc(C)c1NC(=O)C[NH+](C)Cc1csc(-c2ccccc2)n1. The number of likely N-dealkylation sites (N-methyl/N-ethyl adjacent to an activating group) is 1. The molecule has 1 heterocycles. The standard InChI is InChI=1S/C21H23N3OS/c1-15-8-7-9-16(2)20(15)23-19(25)13-24(3)12-18-14-26-21(22-18)17-10-5-4-6-11-17/h4-11,14H,12-13H2,1-3H3,(H,23,25)/p+1. The van der Waals surface area contributed by atoms with Gasteiger partial charge in [0, 0.05) is 16.6 Å². The van der Waals surface area contributed by atoms with Gasteiger partial charge in [-0.2, -0.15) is 0 Å². The highest BCUT2D eigenvalue weighted by Gasteiger charge is 2.14. The summed E-state index contributed by atoms with van der Waals surface area (Å²) >= 11 is 1.65. The van der Waals surface area contributed by atoms with Crippen LogP contribution in [0.5, 0.6) is 0 Å². The van der Waals surface area contributed by atoms with Gasteiger partial charge in [-0.1, -0.05) is 48.5 Å². The van der Waals surface area contributed by atoms with Crippen LogP contribution in [-0.2, 0) is 11.3 Å². The molecule has 1 unspecified atom stereocenters. The van der Waals surface area contributed by atoms with E-state index in [-0.39, 0.29) is 5.91 Å². The van der Waals surface area contributed by atoms with E-state index >= 15 is 0 Å². The van der Waals surface area contributed by atoms with Crippen molar-refractivity contribution in [1.82, 2.24) is 4.98 Å². The van der Waals surface area contributed by atoms with Gasteiger partial charge in [-0.05, 0) is 25.0 Å². The number of hydrogen-bond acceptors (Lipinski definition) is 3. The number of aryl methyl sites for hydroxylation is 2. The molecule has 0 spiro atoms. The molecule has 0 aliphatic carbocycles. The van der Waals surface area contributed by atoms with Gasteiger partial charge < -0.3 is 10.2 Å². The molecule has 3 rings (SSSR count). The molecule has 1 aromatic heterocycles. The lowest BCUT2D eigenvalue weighted by Gasteiger charge is -2.15. The van der Waals surface area contributed by atoms with Crippen molar-refractivity contribution in [2.75, 3.05) is 18.9 Å². The quantitative estimate of drug-likeness (QED) is 0.704. The van der Waals surface area contributed by atoms with Crippen molar-refractivity contribution < 1.29 is 9.69 Å². The minimum Gasteiger partial charge on any atom is -0.325 e. The normalized spacial score (nSPS) is 12.0. The molecule has 0 saturated heterocycles. The summed E-state index contributed by atoms with van der Waals surface area (Å²) in [6.45, 7) is 5.16. The first-order valence-electron chi connectivity index (χ1n) is 8.70. The first-order chi connectivity index (χ1) is 12.5. The van der Waals surface area contributed by atoms with Crippen LogP contribution < -0.4 is 10.2 Å². The largest absolute Gasteiger partial charge is 0.325 e. The highest BCUT2D eigenvalue weighted by molar-refractivity contribution is 7.13. The molecule has 4 nitrogen and oxygen atoms in total. The van der Waals surface area contributed by atoms with Gasteiger partial charge in [0.1, 0.15) is 17.2 Å². The predicted molar refractivity (Wildman–Crippen MR) is 108 cm³/mol. The van der Waals surface area contributed by atoms with E-state index in [1.807, 2.05) is 57.3 Å². The number of nitrogens with one attached hydrogen (secondary N) is 2. The third kappa shape index (κ3) is 4.56. The third-order valence-electron chi connectivity index (χ3n) is 4.26. The maximum atomic E-state index is 12.4. The van der Waals surface area contributed by atoms with Gasteiger partial charge in [0.2, 0.25) is 0 Å². The van der Waals surface area contributed by atoms with E-state index in [1.54, 1.807) is 11.3 Å². The van der Waals surface area contributed by atoms with Gasteiger partial charge in [0.25, 0.3) is 5.91 Å². The summed E-state index contributed by atoms with van der Waals surface area (Å²) in [5, 5.41) is 6.15. The van der Waals surface area contributed by atoms with Crippen LogP contribution in [-0.4, -0.2) is 24.5 Å². The van der Waals surface area contributed by atoms with Gasteiger partial charge in [-0.15, -0.1) is 11.3 Å². The molecular weight excluding hydrogens is 342 g/mol. The Morgan fingerprint density at radius 2 is 1.77 bits per heavy atom. The summed E-state index contributed by atoms with van der Waals surface area (Å²) in [4.78, 5) is 18.2. The van der Waals surface area contributed by atoms with Crippen LogP contribution in [0.4, 0.5) is 5.69 Å². The summed E-state index contributed by atoms with van der Waals surface area (Å²) in [6.07, 6.45) is 0. The number of carbonyl (C=O) groups excluding carboxylic acids is 1. The van der Waals surface area contributed by atoms with E-state index in [1.165, 1.54) is 0 Å². The number of anilines is 1. The van der Waals surface area contributed by atoms with Crippen molar-refractivity contribution in [3.63, 3.8) is 0 Å². The fourth-order valence-electron chi connectivity index (χ4n) is 2.94. The molecule has 0 bridgehead atoms. The Labute approximate surface area is 158 Å². The van der Waals surface area contributed by atoms with Crippen molar-refractivity contribution in [1.29, 1.82) is 0 Å². The number of hydrogen-bond donors (Lipinski definition) is 2. The molecule has 1 atom stereocenters. The molecule has 1 amide bonds. The second-order valence-corrected chi connectivity index (χ2v) is 7.49. The molecule has 0 fully saturated rings. The molecule has 2 N–H and O–H groups in total. The van der Waals surface area contributed by atoms with E-state index in [0.717, 1.165) is 44.5 Å². The number of rotatable bonds is 6. The highest BCUT2D eigenvalue weighted by atomic mass is 32.1. The van der Waals surface area contributed by atoms with Crippen LogP contribution in [0.1, 0.15) is 16.8 Å². The topological polar surface area (TPSA) is 46.4 Å². The number of quaternary nitrogens is 1. The van der Waals surface area contributed by atoms with Crippen molar-refractivity contribution in [2.24, 2.45) is 0 Å². The molecule has 5 heteroatoms. The summed E-state index contributed by atoms with van der Waals surface area (Å²) in [5.74, 6) is 0.0263. The minimum atomic E-state index is 0.0263. The Kier molecular flexibility index (Phi) is 5.81. The van der Waals surface area contributed by atoms with Gasteiger partial charge >= 0.3 is 0 Å². The van der Waals surface area contributed by atoms with E-state index in [0.29, 0.717) is 6.54 Å². The first kappa shape index (κ1) is 18.3. The van der Waals surface area contributed by atoms with Crippen LogP contribution in [0.2, 0.25) is 0 Å². The van der Waals surface area contributed by atoms with Crippen LogP contribution in [0, 0.1) is 13.8 Å². The second kappa shape index (κ2) is 8.25. The van der Waals surface area contributed by atoms with Crippen LogP contribution in [0.15, 0.2) is 53.9 Å². The maximum Gasteiger partial charge on any atom is 0.279 e. The molecule has 0 aliphatic rings. The monoisotopic (exact) mass is 366 g/mol. The van der Waals surface area contributed by atoms with E-state index in [4.69, 9.17) is 4.98 Å². The molecule has 0 aliphatic heterocycles. The predicted octanol–water partition coefficient (Wildman–Crippen LogP) is 3.08. The van der Waals surface area contributed by atoms with Gasteiger partial charge in [0.15, 0.2) is 6.54 Å². The zero-order chi connectivity index (χ0) is 18.5. The van der Waals surface area contributed by atoms with Crippen LogP contribution >= 0.6 is 11.3 Å². The fourth-order valence-corrected chi connectivity index (χ4v) is 3.77. The molecule has 26 heavy (non-hydrogen) atoms. The number of aromatic nitrogens is 1. The first-order valence-corrected chi connectivity index (χ1v) is 9.58. The summed E-state index contributed by atoms with van der Waals surface area (Å²) < 4.78 is 0. The molecule has 0 radical (unpaired) electrons. The number of para-hydroxylation sites is 1. The minimum absolute atomic E-state index is 0.0263. The lowest BCUT2D eigenvalue weighted by molar-refractivity contribution is -0.885. The lowest BCUT2D eigenvalue weighted by Crippen LogP contribution is -3.08. The van der Waals surface area contributed by atoms with Crippen molar-refractivity contribution >= 4 is 22.9 Å². The van der Waals surface area contributed by atoms with E-state index < -0.39 is 0 Å². The maximum absolute atomic E-state index is 12.4. The molecule has 3 aromatic rings. The molecular formula is C21H24N3OS+. The van der Waals surface area contributed by atoms with Crippen LogP contribution in [0.3, 0.4) is 0 Å². The number of benzene rings is 2. The van der Waals surface area contributed by atoms with Crippen molar-refractivity contribution in [2.45, 2.75) is 20.4 Å². The summed E-state index contributed by atoms with van der Waals surface area (Å²) in [7, 11) is 2.02. The zero-order valence-electron chi connectivity index (χ0n) is 15.4. The number of nitrogens with zero attached hydrogens (tertiary/aromatic N) is 1. The molecule has 0 saturated carbocycles. The number of carbonyl (C=O) groups is 1. The van der Waals surface area contributed by atoms with Crippen molar-refractivity contribution in [3.05, 3.63) is 70.7 Å². The number of thiazole rings is 1. The van der Waals surface area contributed by atoms with Crippen molar-refractivity contribution in [3.8, 4) is 10.6 Å². The Hall–Kier alpha value is -2.50. The second-order valence-electron chi connectivity index (χ2n) is 6.64. The summed E-state index contributed by atoms with van der Waals surface area (Å²) in [5.41, 5.74) is 5.25. The Bertz CT molecular complexity index is 869. The molecule has 134 valence electrons. The Morgan fingerprint density at radius 3 is 2.46 bits per heavy atom. The Balaban J connectivity index is 1.58. The lowest BCUT2D eigenvalue weighted by atomic mass is 10.1. The summed E-state index contributed by atoms with van der Waals surface area (Å²) in [6, 6.07) is 16.2. The van der Waals surface area contributed by atoms with Gasteiger partial charge in [-0.25, -0.2) is 4.98 Å². The zero-order valence-corrected chi connectivity index (χ0v) is 16.2. The third-order valence-corrected chi connectivity index (χ3v) is 5.20. The smallest absolute Gasteiger partial charge is 0.279 e. The van der Waals surface area contributed by atoms with E-state index in [2.05, 4.69) is 22.8 Å². The Morgan fingerprint density at radius 1 is 1.08 bits per heavy atom. The van der Waals surface area contributed by atoms with Gasteiger partial charge in [-0.3, -0.25) is 4.79 Å². The average molecular weight is 367 g/mol. The fraction of sp³-hybridized carbons (Fsp3) is 0.238. The van der Waals surface area contributed by atoms with Crippen LogP contribution in [0.25, 0.3) is 10.6 Å².